The number of thiophene rings is 1. The minimum absolute atomic E-state index is 0.550. The van der Waals surface area contributed by atoms with Crippen LogP contribution in [0, 0.1) is 6.92 Å². The summed E-state index contributed by atoms with van der Waals surface area (Å²) in [6.07, 6.45) is 5.04. The van der Waals surface area contributed by atoms with Gasteiger partial charge in [0.1, 0.15) is 5.15 Å². The quantitative estimate of drug-likeness (QED) is 0.655. The van der Waals surface area contributed by atoms with E-state index in [9.17, 15) is 0 Å². The molecule has 2 nitrogen and oxygen atoms in total. The van der Waals surface area contributed by atoms with Crippen LogP contribution in [0.25, 0.3) is 10.7 Å². The van der Waals surface area contributed by atoms with Gasteiger partial charge in [-0.1, -0.05) is 24.4 Å². The smallest absolute Gasteiger partial charge is 0.171 e. The Bertz CT molecular complexity index is 586. The van der Waals surface area contributed by atoms with E-state index in [0.717, 1.165) is 20.9 Å². The first-order valence-electron chi connectivity index (χ1n) is 6.44. The number of aromatic nitrogens is 2. The molecule has 2 heterocycles. The van der Waals surface area contributed by atoms with E-state index in [1.54, 1.807) is 11.3 Å². The Balaban J connectivity index is 2.01. The van der Waals surface area contributed by atoms with Crippen LogP contribution in [-0.4, -0.2) is 9.97 Å². The van der Waals surface area contributed by atoms with E-state index >= 15 is 0 Å². The highest BCUT2D eigenvalue weighted by Crippen LogP contribution is 2.36. The third-order valence-electron chi connectivity index (χ3n) is 3.57. The SMILES string of the molecule is Cc1sc(-c2nc(Cl)cc(C3CCCC3)n2)cc1Br. The summed E-state index contributed by atoms with van der Waals surface area (Å²) in [5.74, 6) is 1.32. The van der Waals surface area contributed by atoms with Crippen LogP contribution in [0.3, 0.4) is 0 Å². The Morgan fingerprint density at radius 1 is 1.26 bits per heavy atom. The molecule has 0 bridgehead atoms. The van der Waals surface area contributed by atoms with Gasteiger partial charge in [-0.15, -0.1) is 11.3 Å². The zero-order chi connectivity index (χ0) is 13.4. The molecule has 1 aliphatic rings. The molecule has 0 unspecified atom stereocenters. The number of halogens is 2. The molecule has 19 heavy (non-hydrogen) atoms. The van der Waals surface area contributed by atoms with Crippen molar-refractivity contribution in [1.82, 2.24) is 9.97 Å². The van der Waals surface area contributed by atoms with Gasteiger partial charge in [0.15, 0.2) is 5.82 Å². The van der Waals surface area contributed by atoms with Crippen molar-refractivity contribution >= 4 is 38.9 Å². The molecule has 0 spiro atoms. The first-order chi connectivity index (χ1) is 9.13. The summed E-state index contributed by atoms with van der Waals surface area (Å²) in [4.78, 5) is 11.4. The van der Waals surface area contributed by atoms with E-state index < -0.39 is 0 Å². The maximum atomic E-state index is 6.17. The second kappa shape index (κ2) is 5.51. The highest BCUT2D eigenvalue weighted by atomic mass is 79.9. The lowest BCUT2D eigenvalue weighted by Crippen LogP contribution is -1.99. The van der Waals surface area contributed by atoms with E-state index in [2.05, 4.69) is 33.9 Å². The number of nitrogens with zero attached hydrogens (tertiary/aromatic N) is 2. The Kier molecular flexibility index (Phi) is 3.92. The second-order valence-electron chi connectivity index (χ2n) is 4.94. The molecule has 1 fully saturated rings. The van der Waals surface area contributed by atoms with Crippen molar-refractivity contribution in [3.63, 3.8) is 0 Å². The fourth-order valence-corrected chi connectivity index (χ4v) is 4.21. The zero-order valence-corrected chi connectivity index (χ0v) is 13.8. The summed E-state index contributed by atoms with van der Waals surface area (Å²) in [6, 6.07) is 4.00. The first-order valence-corrected chi connectivity index (χ1v) is 8.43. The maximum Gasteiger partial charge on any atom is 0.171 e. The number of hydrogen-bond acceptors (Lipinski definition) is 3. The molecule has 0 N–H and O–H groups in total. The summed E-state index contributed by atoms with van der Waals surface area (Å²) < 4.78 is 1.11. The van der Waals surface area contributed by atoms with Gasteiger partial charge < -0.3 is 0 Å². The molecule has 5 heteroatoms. The molecule has 0 atom stereocenters. The van der Waals surface area contributed by atoms with Crippen LogP contribution < -0.4 is 0 Å². The largest absolute Gasteiger partial charge is 0.232 e. The fraction of sp³-hybridized carbons (Fsp3) is 0.429. The Morgan fingerprint density at radius 2 is 2.00 bits per heavy atom. The second-order valence-corrected chi connectivity index (χ2v) is 7.43. The van der Waals surface area contributed by atoms with E-state index in [4.69, 9.17) is 16.6 Å². The van der Waals surface area contributed by atoms with Gasteiger partial charge >= 0.3 is 0 Å². The molecule has 2 aromatic rings. The predicted octanol–water partition coefficient (Wildman–Crippen LogP) is 5.59. The highest BCUT2D eigenvalue weighted by Gasteiger charge is 2.20. The predicted molar refractivity (Wildman–Crippen MR) is 84.0 cm³/mol. The van der Waals surface area contributed by atoms with Gasteiger partial charge in [0, 0.05) is 21.0 Å². The highest BCUT2D eigenvalue weighted by molar-refractivity contribution is 9.10. The summed E-state index contributed by atoms with van der Waals surface area (Å²) >= 11 is 11.4. The molecule has 2 aromatic heterocycles. The molecule has 100 valence electrons. The van der Waals surface area contributed by atoms with Gasteiger partial charge in [-0.25, -0.2) is 9.97 Å². The lowest BCUT2D eigenvalue weighted by molar-refractivity contribution is 0.695. The molecular weight excluding hydrogens is 344 g/mol. The van der Waals surface area contributed by atoms with Gasteiger partial charge in [0.05, 0.1) is 4.88 Å². The van der Waals surface area contributed by atoms with Crippen LogP contribution in [0.1, 0.15) is 42.2 Å². The molecule has 1 saturated carbocycles. The van der Waals surface area contributed by atoms with Crippen LogP contribution in [-0.2, 0) is 0 Å². The summed E-state index contributed by atoms with van der Waals surface area (Å²) in [5.41, 5.74) is 1.11. The van der Waals surface area contributed by atoms with Crippen LogP contribution in [0.4, 0.5) is 0 Å². The number of rotatable bonds is 2. The molecule has 3 rings (SSSR count). The third-order valence-corrected chi connectivity index (χ3v) is 5.89. The van der Waals surface area contributed by atoms with Crippen LogP contribution >= 0.6 is 38.9 Å². The van der Waals surface area contributed by atoms with Crippen molar-refractivity contribution in [1.29, 1.82) is 0 Å². The molecule has 0 radical (unpaired) electrons. The first kappa shape index (κ1) is 13.5. The van der Waals surface area contributed by atoms with E-state index in [1.165, 1.54) is 30.6 Å². The number of hydrogen-bond donors (Lipinski definition) is 0. The van der Waals surface area contributed by atoms with Crippen LogP contribution in [0.5, 0.6) is 0 Å². The molecular formula is C14H14BrClN2S. The van der Waals surface area contributed by atoms with E-state index in [1.807, 2.05) is 6.07 Å². The summed E-state index contributed by atoms with van der Waals surface area (Å²) in [5, 5.41) is 0.550. The van der Waals surface area contributed by atoms with Crippen molar-refractivity contribution in [2.75, 3.05) is 0 Å². The Labute approximate surface area is 130 Å². The van der Waals surface area contributed by atoms with E-state index in [0.29, 0.717) is 11.1 Å². The molecule has 1 aliphatic carbocycles. The lowest BCUT2D eigenvalue weighted by Gasteiger charge is -2.09. The average Bonchev–Trinajstić information content (AvgIpc) is 3.00. The Morgan fingerprint density at radius 3 is 2.63 bits per heavy atom. The average molecular weight is 358 g/mol. The van der Waals surface area contributed by atoms with Gasteiger partial charge in [0.25, 0.3) is 0 Å². The summed E-state index contributed by atoms with van der Waals surface area (Å²) in [6.45, 7) is 2.08. The van der Waals surface area contributed by atoms with Crippen molar-refractivity contribution in [2.45, 2.75) is 38.5 Å². The molecule has 0 saturated heterocycles. The van der Waals surface area contributed by atoms with Crippen LogP contribution in [0.2, 0.25) is 5.15 Å². The van der Waals surface area contributed by atoms with Crippen molar-refractivity contribution in [3.8, 4) is 10.7 Å². The van der Waals surface area contributed by atoms with E-state index in [-0.39, 0.29) is 0 Å². The topological polar surface area (TPSA) is 25.8 Å². The number of aryl methyl sites for hydroxylation is 1. The van der Waals surface area contributed by atoms with Crippen molar-refractivity contribution in [2.24, 2.45) is 0 Å². The summed E-state index contributed by atoms with van der Waals surface area (Å²) in [7, 11) is 0. The lowest BCUT2D eigenvalue weighted by atomic mass is 10.0. The van der Waals surface area contributed by atoms with Gasteiger partial charge in [0.2, 0.25) is 0 Å². The molecule has 0 aliphatic heterocycles. The fourth-order valence-electron chi connectivity index (χ4n) is 2.55. The van der Waals surface area contributed by atoms with Gasteiger partial charge in [-0.3, -0.25) is 0 Å². The van der Waals surface area contributed by atoms with Gasteiger partial charge in [-0.2, -0.15) is 0 Å². The maximum absolute atomic E-state index is 6.17. The monoisotopic (exact) mass is 356 g/mol. The van der Waals surface area contributed by atoms with Crippen molar-refractivity contribution < 1.29 is 0 Å². The standard InChI is InChI=1S/C14H14BrClN2S/c1-8-10(15)6-12(19-8)14-17-11(7-13(16)18-14)9-4-2-3-5-9/h6-7,9H,2-5H2,1H3. The van der Waals surface area contributed by atoms with Crippen LogP contribution in [0.15, 0.2) is 16.6 Å². The normalized spacial score (nSPS) is 16.2. The minimum atomic E-state index is 0.550. The third kappa shape index (κ3) is 2.86. The van der Waals surface area contributed by atoms with Crippen molar-refractivity contribution in [3.05, 3.63) is 32.3 Å². The van der Waals surface area contributed by atoms with Gasteiger partial charge in [-0.05, 0) is 47.8 Å². The molecule has 0 aromatic carbocycles. The minimum Gasteiger partial charge on any atom is -0.232 e. The zero-order valence-electron chi connectivity index (χ0n) is 10.6. The Hall–Kier alpha value is -0.450. The molecule has 0 amide bonds.